The van der Waals surface area contributed by atoms with E-state index in [-0.39, 0.29) is 11.4 Å². The highest BCUT2D eigenvalue weighted by atomic mass is 16.4. The smallest absolute Gasteiger partial charge is 0.358 e. The van der Waals surface area contributed by atoms with Crippen molar-refractivity contribution in [3.8, 4) is 11.4 Å². The van der Waals surface area contributed by atoms with Gasteiger partial charge in [0.05, 0.1) is 18.2 Å². The molecule has 0 saturated heterocycles. The van der Waals surface area contributed by atoms with Crippen molar-refractivity contribution in [3.63, 3.8) is 0 Å². The largest absolute Gasteiger partial charge is 0.476 e. The van der Waals surface area contributed by atoms with Crippen molar-refractivity contribution < 1.29 is 14.7 Å². The molecule has 3 N–H and O–H groups in total. The summed E-state index contributed by atoms with van der Waals surface area (Å²) < 4.78 is 2.86. The zero-order valence-corrected chi connectivity index (χ0v) is 11.0. The van der Waals surface area contributed by atoms with Crippen LogP contribution in [0.1, 0.15) is 29.9 Å². The third-order valence-corrected chi connectivity index (χ3v) is 2.97. The number of carboxylic acid groups (broad SMARTS) is 1. The molecule has 1 unspecified atom stereocenters. The van der Waals surface area contributed by atoms with Crippen LogP contribution in [0, 0.1) is 0 Å². The minimum atomic E-state index is -1.23. The molecule has 1 amide bonds. The van der Waals surface area contributed by atoms with Gasteiger partial charge in [0.25, 0.3) is 0 Å². The van der Waals surface area contributed by atoms with Gasteiger partial charge in [0.2, 0.25) is 5.91 Å². The fraction of sp³-hybridized carbons (Fsp3) is 0.364. The Balaban J connectivity index is 2.68. The molecule has 0 aliphatic heterocycles. The van der Waals surface area contributed by atoms with Crippen LogP contribution in [0.15, 0.2) is 12.5 Å². The lowest BCUT2D eigenvalue weighted by Crippen LogP contribution is -2.27. The maximum absolute atomic E-state index is 11.5. The zero-order chi connectivity index (χ0) is 14.9. The van der Waals surface area contributed by atoms with E-state index in [0.29, 0.717) is 12.1 Å². The number of carboxylic acids is 1. The van der Waals surface area contributed by atoms with E-state index in [4.69, 9.17) is 5.73 Å². The molecule has 0 radical (unpaired) electrons. The second-order valence-corrected chi connectivity index (χ2v) is 4.25. The highest BCUT2D eigenvalue weighted by Crippen LogP contribution is 2.25. The van der Waals surface area contributed by atoms with Crippen molar-refractivity contribution in [2.24, 2.45) is 12.8 Å². The number of imidazole rings is 1. The van der Waals surface area contributed by atoms with Crippen molar-refractivity contribution in [2.45, 2.75) is 19.4 Å². The molecular formula is C11H14N6O3. The summed E-state index contributed by atoms with van der Waals surface area (Å²) in [6.07, 6.45) is 3.38. The first-order valence-electron chi connectivity index (χ1n) is 5.91. The third-order valence-electron chi connectivity index (χ3n) is 2.97. The van der Waals surface area contributed by atoms with Crippen LogP contribution >= 0.6 is 0 Å². The van der Waals surface area contributed by atoms with E-state index in [2.05, 4.69) is 15.3 Å². The summed E-state index contributed by atoms with van der Waals surface area (Å²) >= 11 is 0. The Kier molecular flexibility index (Phi) is 3.51. The van der Waals surface area contributed by atoms with E-state index >= 15 is 0 Å². The number of aryl methyl sites for hydroxylation is 1. The van der Waals surface area contributed by atoms with Crippen molar-refractivity contribution in [2.75, 3.05) is 0 Å². The number of aromatic carboxylic acids is 1. The first-order valence-corrected chi connectivity index (χ1v) is 5.91. The van der Waals surface area contributed by atoms with E-state index < -0.39 is 17.9 Å². The van der Waals surface area contributed by atoms with Crippen molar-refractivity contribution in [3.05, 3.63) is 18.2 Å². The van der Waals surface area contributed by atoms with E-state index in [1.807, 2.05) is 0 Å². The zero-order valence-electron chi connectivity index (χ0n) is 11.0. The van der Waals surface area contributed by atoms with Gasteiger partial charge in [0.15, 0.2) is 5.69 Å². The predicted molar refractivity (Wildman–Crippen MR) is 67.7 cm³/mol. The third kappa shape index (κ3) is 2.13. The molecule has 0 aliphatic carbocycles. The van der Waals surface area contributed by atoms with Gasteiger partial charge in [-0.2, -0.15) is 0 Å². The topological polar surface area (TPSA) is 129 Å². The normalized spacial score (nSPS) is 12.3. The summed E-state index contributed by atoms with van der Waals surface area (Å²) in [6, 6.07) is -0.763. The Morgan fingerprint density at radius 3 is 2.65 bits per heavy atom. The van der Waals surface area contributed by atoms with E-state index in [9.17, 15) is 14.7 Å². The molecular weight excluding hydrogens is 264 g/mol. The van der Waals surface area contributed by atoms with Gasteiger partial charge < -0.3 is 15.4 Å². The fourth-order valence-electron chi connectivity index (χ4n) is 1.97. The van der Waals surface area contributed by atoms with Gasteiger partial charge in [-0.25, -0.2) is 14.5 Å². The van der Waals surface area contributed by atoms with Gasteiger partial charge in [-0.05, 0) is 6.42 Å². The number of primary amides is 1. The molecule has 2 rings (SSSR count). The van der Waals surface area contributed by atoms with Gasteiger partial charge in [0, 0.05) is 7.05 Å². The number of nitrogens with zero attached hydrogens (tertiary/aromatic N) is 5. The average Bonchev–Trinajstić information content (AvgIpc) is 2.95. The van der Waals surface area contributed by atoms with Crippen molar-refractivity contribution >= 4 is 11.9 Å². The lowest BCUT2D eigenvalue weighted by Gasteiger charge is -2.14. The van der Waals surface area contributed by atoms with Crippen LogP contribution in [0.3, 0.4) is 0 Å². The number of nitrogens with two attached hydrogens (primary N) is 1. The summed E-state index contributed by atoms with van der Waals surface area (Å²) in [4.78, 5) is 26.7. The number of carbonyl (C=O) groups is 2. The molecule has 1 atom stereocenters. The SMILES string of the molecule is CCC(C(N)=O)n1nnc(C(=O)O)c1-c1cncn1C. The van der Waals surface area contributed by atoms with Crippen LogP contribution < -0.4 is 5.73 Å². The molecule has 106 valence electrons. The van der Waals surface area contributed by atoms with E-state index in [0.717, 1.165) is 0 Å². The molecule has 9 heteroatoms. The molecule has 20 heavy (non-hydrogen) atoms. The van der Waals surface area contributed by atoms with Gasteiger partial charge in [-0.1, -0.05) is 12.1 Å². The second-order valence-electron chi connectivity index (χ2n) is 4.25. The second kappa shape index (κ2) is 5.11. The number of rotatable bonds is 5. The molecule has 9 nitrogen and oxygen atoms in total. The molecule has 2 aromatic rings. The Morgan fingerprint density at radius 1 is 1.50 bits per heavy atom. The summed E-state index contributed by atoms with van der Waals surface area (Å²) in [5, 5.41) is 16.6. The number of amides is 1. The molecule has 0 fully saturated rings. The molecule has 0 saturated carbocycles. The van der Waals surface area contributed by atoms with Gasteiger partial charge in [-0.15, -0.1) is 5.10 Å². The standard InChI is InChI=1S/C11H14N6O3/c1-3-6(10(12)18)17-9(7-4-13-5-16(7)2)8(11(19)20)14-15-17/h4-6H,3H2,1-2H3,(H2,12,18)(H,19,20). The lowest BCUT2D eigenvalue weighted by atomic mass is 10.2. The molecule has 2 aromatic heterocycles. The summed E-state index contributed by atoms with van der Waals surface area (Å²) in [5.74, 6) is -1.83. The quantitative estimate of drug-likeness (QED) is 0.780. The number of aromatic nitrogens is 5. The maximum atomic E-state index is 11.5. The summed E-state index contributed by atoms with van der Waals surface area (Å²) in [6.45, 7) is 1.75. The first-order chi connectivity index (χ1) is 9.47. The van der Waals surface area contributed by atoms with Gasteiger partial charge in [0.1, 0.15) is 11.7 Å². The monoisotopic (exact) mass is 278 g/mol. The molecule has 0 spiro atoms. The predicted octanol–water partition coefficient (Wildman–Crippen LogP) is -0.187. The minimum absolute atomic E-state index is 0.211. The van der Waals surface area contributed by atoms with Crippen molar-refractivity contribution in [1.82, 2.24) is 24.5 Å². The van der Waals surface area contributed by atoms with Crippen molar-refractivity contribution in [1.29, 1.82) is 0 Å². The van der Waals surface area contributed by atoms with Crippen LogP contribution in [0.4, 0.5) is 0 Å². The van der Waals surface area contributed by atoms with Crippen LogP contribution in [0.25, 0.3) is 11.4 Å². The summed E-state index contributed by atoms with van der Waals surface area (Å²) in [7, 11) is 1.70. The molecule has 2 heterocycles. The number of hydrogen-bond acceptors (Lipinski definition) is 5. The minimum Gasteiger partial charge on any atom is -0.476 e. The Morgan fingerprint density at radius 2 is 2.20 bits per heavy atom. The van der Waals surface area contributed by atoms with Crippen LogP contribution in [-0.2, 0) is 11.8 Å². The average molecular weight is 278 g/mol. The molecule has 0 aliphatic rings. The Bertz CT molecular complexity index is 659. The molecule has 0 bridgehead atoms. The Hall–Kier alpha value is -2.71. The van der Waals surface area contributed by atoms with Gasteiger partial charge >= 0.3 is 5.97 Å². The molecule has 0 aromatic carbocycles. The Labute approximate surface area is 114 Å². The highest BCUT2D eigenvalue weighted by molar-refractivity contribution is 5.92. The lowest BCUT2D eigenvalue weighted by molar-refractivity contribution is -0.121. The van der Waals surface area contributed by atoms with Crippen LogP contribution in [0.2, 0.25) is 0 Å². The summed E-state index contributed by atoms with van der Waals surface area (Å²) in [5.41, 5.74) is 5.79. The fourth-order valence-corrected chi connectivity index (χ4v) is 1.97. The maximum Gasteiger partial charge on any atom is 0.358 e. The number of carbonyl (C=O) groups excluding carboxylic acids is 1. The number of hydrogen-bond donors (Lipinski definition) is 2. The highest BCUT2D eigenvalue weighted by Gasteiger charge is 2.28. The first kappa shape index (κ1) is 13.7. The van der Waals surface area contributed by atoms with E-state index in [1.165, 1.54) is 17.2 Å². The van der Waals surface area contributed by atoms with E-state index in [1.54, 1.807) is 18.5 Å². The van der Waals surface area contributed by atoms with Gasteiger partial charge in [-0.3, -0.25) is 4.79 Å². The van der Waals surface area contributed by atoms with Crippen LogP contribution in [0.5, 0.6) is 0 Å². The van der Waals surface area contributed by atoms with Crippen LogP contribution in [-0.4, -0.2) is 41.5 Å².